The van der Waals surface area contributed by atoms with Gasteiger partial charge in [-0.2, -0.15) is 0 Å². The zero-order valence-electron chi connectivity index (χ0n) is 14.5. The molecule has 0 aliphatic rings. The highest BCUT2D eigenvalue weighted by atomic mass is 32.1. The third-order valence-corrected chi connectivity index (χ3v) is 4.94. The van der Waals surface area contributed by atoms with Crippen LogP contribution in [0.3, 0.4) is 0 Å². The molecule has 2 aromatic rings. The molecule has 5 nitrogen and oxygen atoms in total. The number of carbonyl (C=O) groups is 1. The average molecular weight is 350 g/mol. The van der Waals surface area contributed by atoms with Gasteiger partial charge in [-0.1, -0.05) is 45.4 Å². The van der Waals surface area contributed by atoms with Crippen LogP contribution in [0.15, 0.2) is 16.5 Å². The Balaban J connectivity index is 2.01. The standard InChI is InChI=1S/C18H26N2O3S/c1-3-5-6-7-8-9-10-11-20-13-19-16-15(17(20)21)14(12-24-16)18(22)23-4-2/h12-13H,3-11H2,1-2H3. The van der Waals surface area contributed by atoms with Crippen LogP contribution in [0.25, 0.3) is 10.2 Å². The molecule has 2 heterocycles. The summed E-state index contributed by atoms with van der Waals surface area (Å²) in [6, 6.07) is 0. The lowest BCUT2D eigenvalue weighted by Crippen LogP contribution is -2.21. The molecule has 2 aromatic heterocycles. The molecule has 0 fully saturated rings. The van der Waals surface area contributed by atoms with Crippen molar-refractivity contribution >= 4 is 27.5 Å². The van der Waals surface area contributed by atoms with Crippen molar-refractivity contribution in [1.29, 1.82) is 0 Å². The molecule has 0 bridgehead atoms. The number of nitrogens with zero attached hydrogens (tertiary/aromatic N) is 2. The van der Waals surface area contributed by atoms with Crippen LogP contribution in [0.1, 0.15) is 69.2 Å². The van der Waals surface area contributed by atoms with E-state index in [2.05, 4.69) is 11.9 Å². The molecule has 2 rings (SSSR count). The molecule has 132 valence electrons. The zero-order chi connectivity index (χ0) is 17.4. The summed E-state index contributed by atoms with van der Waals surface area (Å²) < 4.78 is 6.64. The van der Waals surface area contributed by atoms with E-state index in [0.29, 0.717) is 28.9 Å². The number of hydrogen-bond acceptors (Lipinski definition) is 5. The van der Waals surface area contributed by atoms with E-state index in [-0.39, 0.29) is 5.56 Å². The summed E-state index contributed by atoms with van der Waals surface area (Å²) >= 11 is 1.31. The van der Waals surface area contributed by atoms with Crippen molar-refractivity contribution in [3.8, 4) is 0 Å². The molecule has 0 saturated heterocycles. The van der Waals surface area contributed by atoms with Gasteiger partial charge in [-0.05, 0) is 13.3 Å². The summed E-state index contributed by atoms with van der Waals surface area (Å²) in [5.41, 5.74) is 0.193. The lowest BCUT2D eigenvalue weighted by Gasteiger charge is -2.06. The Morgan fingerprint density at radius 2 is 1.88 bits per heavy atom. The second kappa shape index (κ2) is 9.57. The molecule has 0 unspecified atom stereocenters. The van der Waals surface area contributed by atoms with Crippen molar-refractivity contribution in [1.82, 2.24) is 9.55 Å². The van der Waals surface area contributed by atoms with E-state index in [1.54, 1.807) is 23.2 Å². The van der Waals surface area contributed by atoms with Crippen LogP contribution in [-0.2, 0) is 11.3 Å². The Hall–Kier alpha value is -1.69. The monoisotopic (exact) mass is 350 g/mol. The fraction of sp³-hybridized carbons (Fsp3) is 0.611. The van der Waals surface area contributed by atoms with E-state index in [1.807, 2.05) is 0 Å². The number of carbonyl (C=O) groups excluding carboxylic acids is 1. The second-order valence-electron chi connectivity index (χ2n) is 5.91. The molecular formula is C18H26N2O3S. The minimum atomic E-state index is -0.448. The Bertz CT molecular complexity index is 721. The molecule has 0 spiro atoms. The van der Waals surface area contributed by atoms with Crippen LogP contribution in [0.2, 0.25) is 0 Å². The topological polar surface area (TPSA) is 61.2 Å². The maximum absolute atomic E-state index is 12.6. The minimum Gasteiger partial charge on any atom is -0.462 e. The number of fused-ring (bicyclic) bond motifs is 1. The molecule has 0 atom stereocenters. The van der Waals surface area contributed by atoms with E-state index in [0.717, 1.165) is 12.8 Å². The maximum atomic E-state index is 12.6. The number of ether oxygens (including phenoxy) is 1. The van der Waals surface area contributed by atoms with Crippen LogP contribution in [0, 0.1) is 0 Å². The van der Waals surface area contributed by atoms with Crippen molar-refractivity contribution in [2.75, 3.05) is 6.61 Å². The van der Waals surface area contributed by atoms with Gasteiger partial charge in [0.25, 0.3) is 5.56 Å². The normalized spacial score (nSPS) is 11.1. The molecule has 0 aromatic carbocycles. The second-order valence-corrected chi connectivity index (χ2v) is 6.77. The fourth-order valence-corrected chi connectivity index (χ4v) is 3.59. The van der Waals surface area contributed by atoms with Gasteiger partial charge in [0, 0.05) is 11.9 Å². The number of unbranched alkanes of at least 4 members (excludes halogenated alkanes) is 6. The van der Waals surface area contributed by atoms with Gasteiger partial charge in [0.2, 0.25) is 0 Å². The molecule has 0 amide bonds. The van der Waals surface area contributed by atoms with E-state index >= 15 is 0 Å². The van der Waals surface area contributed by atoms with E-state index in [9.17, 15) is 9.59 Å². The summed E-state index contributed by atoms with van der Waals surface area (Å²) in [4.78, 5) is 29.5. The van der Waals surface area contributed by atoms with Crippen molar-refractivity contribution < 1.29 is 9.53 Å². The van der Waals surface area contributed by atoms with Gasteiger partial charge < -0.3 is 4.74 Å². The fourth-order valence-electron chi connectivity index (χ4n) is 2.73. The zero-order valence-corrected chi connectivity index (χ0v) is 15.4. The Labute approximate surface area is 146 Å². The number of aromatic nitrogens is 2. The minimum absolute atomic E-state index is 0.143. The highest BCUT2D eigenvalue weighted by Crippen LogP contribution is 2.21. The first kappa shape index (κ1) is 18.6. The quantitative estimate of drug-likeness (QED) is 0.471. The largest absolute Gasteiger partial charge is 0.462 e. The van der Waals surface area contributed by atoms with Crippen LogP contribution < -0.4 is 5.56 Å². The third kappa shape index (κ3) is 4.66. The number of thiophene rings is 1. The van der Waals surface area contributed by atoms with Crippen molar-refractivity contribution in [3.63, 3.8) is 0 Å². The van der Waals surface area contributed by atoms with E-state index < -0.39 is 5.97 Å². The predicted octanol–water partition coefficient (Wildman–Crippen LogP) is 4.39. The molecule has 0 N–H and O–H groups in total. The van der Waals surface area contributed by atoms with Crippen molar-refractivity contribution in [2.45, 2.75) is 65.3 Å². The van der Waals surface area contributed by atoms with Crippen LogP contribution in [0.4, 0.5) is 0 Å². The van der Waals surface area contributed by atoms with Gasteiger partial charge in [0.05, 0.1) is 23.9 Å². The Kier molecular flexibility index (Phi) is 7.43. The Morgan fingerprint density at radius 1 is 1.17 bits per heavy atom. The third-order valence-electron chi connectivity index (χ3n) is 4.06. The maximum Gasteiger partial charge on any atom is 0.339 e. The molecule has 0 aliphatic carbocycles. The summed E-state index contributed by atoms with van der Waals surface area (Å²) in [6.45, 7) is 4.91. The van der Waals surface area contributed by atoms with Gasteiger partial charge in [-0.25, -0.2) is 9.78 Å². The first-order valence-electron chi connectivity index (χ1n) is 8.82. The predicted molar refractivity (Wildman–Crippen MR) is 97.8 cm³/mol. The van der Waals surface area contributed by atoms with Gasteiger partial charge in [-0.15, -0.1) is 11.3 Å². The van der Waals surface area contributed by atoms with Gasteiger partial charge >= 0.3 is 5.97 Å². The number of aryl methyl sites for hydroxylation is 1. The SMILES string of the molecule is CCCCCCCCCn1cnc2scc(C(=O)OCC)c2c1=O. The lowest BCUT2D eigenvalue weighted by atomic mass is 10.1. The summed E-state index contributed by atoms with van der Waals surface area (Å²) in [5, 5.41) is 2.05. The first-order valence-corrected chi connectivity index (χ1v) is 9.70. The summed E-state index contributed by atoms with van der Waals surface area (Å²) in [7, 11) is 0. The molecular weight excluding hydrogens is 324 g/mol. The Morgan fingerprint density at radius 3 is 2.58 bits per heavy atom. The van der Waals surface area contributed by atoms with E-state index in [4.69, 9.17) is 4.74 Å². The first-order chi connectivity index (χ1) is 11.7. The van der Waals surface area contributed by atoms with Gasteiger partial charge in [0.1, 0.15) is 4.83 Å². The van der Waals surface area contributed by atoms with E-state index in [1.165, 1.54) is 43.4 Å². The van der Waals surface area contributed by atoms with Crippen LogP contribution in [-0.4, -0.2) is 22.1 Å². The molecule has 6 heteroatoms. The van der Waals surface area contributed by atoms with Crippen LogP contribution in [0.5, 0.6) is 0 Å². The summed E-state index contributed by atoms with van der Waals surface area (Å²) in [5.74, 6) is -0.448. The molecule has 0 saturated carbocycles. The smallest absolute Gasteiger partial charge is 0.339 e. The van der Waals surface area contributed by atoms with Gasteiger partial charge in [-0.3, -0.25) is 9.36 Å². The summed E-state index contributed by atoms with van der Waals surface area (Å²) in [6.07, 6.45) is 9.98. The highest BCUT2D eigenvalue weighted by molar-refractivity contribution is 7.17. The average Bonchev–Trinajstić information content (AvgIpc) is 3.01. The number of esters is 1. The lowest BCUT2D eigenvalue weighted by molar-refractivity contribution is 0.0529. The number of rotatable bonds is 10. The highest BCUT2D eigenvalue weighted by Gasteiger charge is 2.18. The molecule has 0 aliphatic heterocycles. The number of hydrogen-bond donors (Lipinski definition) is 0. The van der Waals surface area contributed by atoms with Gasteiger partial charge in [0.15, 0.2) is 0 Å². The van der Waals surface area contributed by atoms with Crippen LogP contribution >= 0.6 is 11.3 Å². The molecule has 24 heavy (non-hydrogen) atoms. The van der Waals surface area contributed by atoms with Crippen molar-refractivity contribution in [3.05, 3.63) is 27.6 Å². The van der Waals surface area contributed by atoms with Crippen molar-refractivity contribution in [2.24, 2.45) is 0 Å². The molecule has 0 radical (unpaired) electrons.